The van der Waals surface area contributed by atoms with Gasteiger partial charge in [-0.3, -0.25) is 0 Å². The molecule has 0 amide bonds. The zero-order valence-corrected chi connectivity index (χ0v) is 30.4. The molecule has 0 aliphatic rings. The first-order chi connectivity index (χ1) is 27.7. The highest BCUT2D eigenvalue weighted by atomic mass is 15.0. The molecule has 0 saturated carbocycles. The maximum absolute atomic E-state index is 7.69. The smallest absolute Gasteiger partial charge is 0.187 e. The van der Waals surface area contributed by atoms with Gasteiger partial charge in [0.15, 0.2) is 23.2 Å². The summed E-state index contributed by atoms with van der Waals surface area (Å²) in [5, 5.41) is 0. The van der Waals surface area contributed by atoms with Gasteiger partial charge in [-0.25, -0.2) is 19.8 Å². The molecule has 0 N–H and O–H groups in total. The maximum Gasteiger partial charge on any atom is 0.187 e. The summed E-state index contributed by atoms with van der Waals surface area (Å²) in [4.78, 5) is 18.8. The third kappa shape index (κ3) is 7.01. The molecule has 1 heterocycles. The van der Waals surface area contributed by atoms with Crippen molar-refractivity contribution >= 4 is 5.69 Å². The standard InChI is InChI=1S/C52H34N4/c1-53-45-27-15-25-43(33-45)49-35-46(37-18-8-3-9-19-37)48(34-47(49)38-20-10-4-11-21-38)39-28-30-41(31-29-39)51-54-50(40-22-12-5-13-23-40)55-52(56-51)44-26-14-24-42(32-44)36-16-6-2-7-17-36/h2-35H. The predicted molar refractivity (Wildman–Crippen MR) is 230 cm³/mol. The second-order valence-corrected chi connectivity index (χ2v) is 13.5. The predicted octanol–water partition coefficient (Wildman–Crippen LogP) is 13.8. The van der Waals surface area contributed by atoms with Gasteiger partial charge in [-0.15, -0.1) is 0 Å². The summed E-state index contributed by atoms with van der Waals surface area (Å²) in [6, 6.07) is 70.7. The van der Waals surface area contributed by atoms with Crippen LogP contribution in [-0.4, -0.2) is 15.0 Å². The van der Waals surface area contributed by atoms with Crippen molar-refractivity contribution < 1.29 is 0 Å². The lowest BCUT2D eigenvalue weighted by Crippen LogP contribution is -2.00. The molecule has 0 fully saturated rings. The van der Waals surface area contributed by atoms with Gasteiger partial charge in [-0.2, -0.15) is 0 Å². The van der Waals surface area contributed by atoms with Crippen molar-refractivity contribution in [3.8, 4) is 89.8 Å². The zero-order valence-electron chi connectivity index (χ0n) is 30.4. The van der Waals surface area contributed by atoms with Crippen LogP contribution in [0.3, 0.4) is 0 Å². The molecule has 0 bridgehead atoms. The van der Waals surface area contributed by atoms with Crippen molar-refractivity contribution in [2.45, 2.75) is 0 Å². The quantitative estimate of drug-likeness (QED) is 0.147. The fourth-order valence-corrected chi connectivity index (χ4v) is 7.15. The van der Waals surface area contributed by atoms with Gasteiger partial charge in [-0.05, 0) is 79.9 Å². The SMILES string of the molecule is [C-]#[N+]c1cccc(-c2cc(-c3ccccc3)c(-c3ccc(-c4nc(-c5ccccc5)nc(-c5cccc(-c6ccccc6)c5)n4)cc3)cc2-c2ccccc2)c1. The molecule has 0 atom stereocenters. The van der Waals surface area contributed by atoms with Crippen LogP contribution in [0.4, 0.5) is 5.69 Å². The average molecular weight is 715 g/mol. The van der Waals surface area contributed by atoms with E-state index in [9.17, 15) is 0 Å². The van der Waals surface area contributed by atoms with Gasteiger partial charge in [0, 0.05) is 16.7 Å². The van der Waals surface area contributed by atoms with Crippen molar-refractivity contribution in [3.05, 3.63) is 218 Å². The van der Waals surface area contributed by atoms with Gasteiger partial charge in [0.2, 0.25) is 0 Å². The van der Waals surface area contributed by atoms with E-state index in [2.05, 4.69) is 144 Å². The molecule has 0 saturated heterocycles. The molecule has 8 aromatic carbocycles. The van der Waals surface area contributed by atoms with Crippen molar-refractivity contribution in [1.29, 1.82) is 0 Å². The molecule has 0 radical (unpaired) electrons. The molecule has 0 spiro atoms. The Labute approximate surface area is 327 Å². The Hall–Kier alpha value is -7.74. The summed E-state index contributed by atoms with van der Waals surface area (Å²) >= 11 is 0. The Bertz CT molecular complexity index is 2830. The lowest BCUT2D eigenvalue weighted by atomic mass is 9.85. The molecule has 9 aromatic rings. The summed E-state index contributed by atoms with van der Waals surface area (Å²) in [5.74, 6) is 1.85. The number of rotatable bonds is 8. The first-order valence-corrected chi connectivity index (χ1v) is 18.6. The maximum atomic E-state index is 7.69. The van der Waals surface area contributed by atoms with E-state index >= 15 is 0 Å². The van der Waals surface area contributed by atoms with Gasteiger partial charge in [0.1, 0.15) is 0 Å². The molecule has 4 heteroatoms. The minimum Gasteiger partial charge on any atom is -0.238 e. The lowest BCUT2D eigenvalue weighted by molar-refractivity contribution is 1.07. The van der Waals surface area contributed by atoms with Crippen LogP contribution in [0.1, 0.15) is 0 Å². The van der Waals surface area contributed by atoms with Crippen LogP contribution >= 0.6 is 0 Å². The van der Waals surface area contributed by atoms with Gasteiger partial charge in [0.25, 0.3) is 0 Å². The molecule has 56 heavy (non-hydrogen) atoms. The topological polar surface area (TPSA) is 43.0 Å². The highest BCUT2D eigenvalue weighted by Crippen LogP contribution is 2.43. The number of hydrogen-bond donors (Lipinski definition) is 0. The fourth-order valence-electron chi connectivity index (χ4n) is 7.15. The average Bonchev–Trinajstić information content (AvgIpc) is 3.29. The molecule has 0 aliphatic carbocycles. The molecular weight excluding hydrogens is 681 g/mol. The molecule has 0 unspecified atom stereocenters. The normalized spacial score (nSPS) is 10.8. The molecule has 9 rings (SSSR count). The highest BCUT2D eigenvalue weighted by Gasteiger charge is 2.18. The second-order valence-electron chi connectivity index (χ2n) is 13.5. The monoisotopic (exact) mass is 714 g/mol. The van der Waals surface area contributed by atoms with Crippen LogP contribution in [0.25, 0.3) is 94.6 Å². The Morgan fingerprint density at radius 2 is 0.625 bits per heavy atom. The molecule has 0 aliphatic heterocycles. The van der Waals surface area contributed by atoms with Crippen LogP contribution in [0.15, 0.2) is 206 Å². The number of aromatic nitrogens is 3. The van der Waals surface area contributed by atoms with E-state index in [0.717, 1.165) is 72.3 Å². The molecule has 1 aromatic heterocycles. The van der Waals surface area contributed by atoms with Crippen LogP contribution in [0, 0.1) is 6.57 Å². The van der Waals surface area contributed by atoms with Gasteiger partial charge in [0.05, 0.1) is 6.57 Å². The Kier molecular flexibility index (Phi) is 9.31. The first-order valence-electron chi connectivity index (χ1n) is 18.6. The van der Waals surface area contributed by atoms with Crippen LogP contribution in [0.5, 0.6) is 0 Å². The second kappa shape index (κ2) is 15.3. The summed E-state index contributed by atoms with van der Waals surface area (Å²) in [7, 11) is 0. The minimum absolute atomic E-state index is 0.605. The lowest BCUT2D eigenvalue weighted by Gasteiger charge is -2.19. The molecule has 262 valence electrons. The van der Waals surface area contributed by atoms with E-state index in [-0.39, 0.29) is 0 Å². The van der Waals surface area contributed by atoms with Crippen LogP contribution in [-0.2, 0) is 0 Å². The summed E-state index contributed by atoms with van der Waals surface area (Å²) in [5.41, 5.74) is 14.3. The minimum atomic E-state index is 0.605. The number of benzene rings is 8. The zero-order chi connectivity index (χ0) is 37.7. The van der Waals surface area contributed by atoms with Crippen LogP contribution < -0.4 is 0 Å². The Balaban J connectivity index is 1.18. The van der Waals surface area contributed by atoms with E-state index in [4.69, 9.17) is 21.5 Å². The summed E-state index contributed by atoms with van der Waals surface area (Å²) in [6.45, 7) is 7.69. The van der Waals surface area contributed by atoms with Gasteiger partial charge >= 0.3 is 0 Å². The first kappa shape index (κ1) is 34.1. The summed E-state index contributed by atoms with van der Waals surface area (Å²) < 4.78 is 0. The van der Waals surface area contributed by atoms with Crippen LogP contribution in [0.2, 0.25) is 0 Å². The van der Waals surface area contributed by atoms with Crippen molar-refractivity contribution in [2.24, 2.45) is 0 Å². The van der Waals surface area contributed by atoms with Crippen molar-refractivity contribution in [3.63, 3.8) is 0 Å². The molecular formula is C52H34N4. The van der Waals surface area contributed by atoms with Crippen molar-refractivity contribution in [2.75, 3.05) is 0 Å². The largest absolute Gasteiger partial charge is 0.238 e. The summed E-state index contributed by atoms with van der Waals surface area (Å²) in [6.07, 6.45) is 0. The Morgan fingerprint density at radius 3 is 1.16 bits per heavy atom. The number of hydrogen-bond acceptors (Lipinski definition) is 3. The van der Waals surface area contributed by atoms with E-state index in [1.807, 2.05) is 66.7 Å². The highest BCUT2D eigenvalue weighted by molar-refractivity contribution is 5.95. The third-order valence-electron chi connectivity index (χ3n) is 9.96. The Morgan fingerprint density at radius 1 is 0.268 bits per heavy atom. The van der Waals surface area contributed by atoms with Crippen molar-refractivity contribution in [1.82, 2.24) is 15.0 Å². The van der Waals surface area contributed by atoms with E-state index < -0.39 is 0 Å². The van der Waals surface area contributed by atoms with Gasteiger partial charge in [-0.1, -0.05) is 182 Å². The number of nitrogens with zero attached hydrogens (tertiary/aromatic N) is 4. The van der Waals surface area contributed by atoms with Gasteiger partial charge < -0.3 is 0 Å². The molecule has 4 nitrogen and oxygen atoms in total. The third-order valence-corrected chi connectivity index (χ3v) is 9.96. The van der Waals surface area contributed by atoms with E-state index in [1.54, 1.807) is 0 Å². The van der Waals surface area contributed by atoms with E-state index in [0.29, 0.717) is 23.2 Å². The fraction of sp³-hybridized carbons (Fsp3) is 0. The van der Waals surface area contributed by atoms with E-state index in [1.165, 1.54) is 0 Å².